The Labute approximate surface area is 190 Å². The van der Waals surface area contributed by atoms with Crippen LogP contribution >= 0.6 is 0 Å². The van der Waals surface area contributed by atoms with Crippen molar-refractivity contribution in [3.63, 3.8) is 0 Å². The predicted molar refractivity (Wildman–Crippen MR) is 120 cm³/mol. The Bertz CT molecular complexity index is 1250. The summed E-state index contributed by atoms with van der Waals surface area (Å²) in [7, 11) is 1.60. The van der Waals surface area contributed by atoms with Gasteiger partial charge in [-0.25, -0.2) is 0 Å². The summed E-state index contributed by atoms with van der Waals surface area (Å²) in [4.78, 5) is 22.5. The van der Waals surface area contributed by atoms with E-state index in [0.29, 0.717) is 17.3 Å². The summed E-state index contributed by atoms with van der Waals surface area (Å²) >= 11 is 0. The molecule has 0 radical (unpaired) electrons. The zero-order chi connectivity index (χ0) is 23.1. The van der Waals surface area contributed by atoms with Crippen molar-refractivity contribution in [1.29, 1.82) is 0 Å². The molecule has 9 nitrogen and oxygen atoms in total. The molecule has 0 aliphatic carbocycles. The quantitative estimate of drug-likeness (QED) is 0.400. The fraction of sp³-hybridized carbons (Fsp3) is 0.250. The van der Waals surface area contributed by atoms with Gasteiger partial charge < -0.3 is 14.1 Å². The number of ether oxygens (including phenoxy) is 1. The maximum Gasteiger partial charge on any atom is 0.334 e. The van der Waals surface area contributed by atoms with E-state index in [1.54, 1.807) is 19.1 Å². The van der Waals surface area contributed by atoms with Crippen molar-refractivity contribution in [2.75, 3.05) is 7.11 Å². The van der Waals surface area contributed by atoms with Gasteiger partial charge in [-0.1, -0.05) is 47.6 Å². The molecule has 0 amide bonds. The molecular formula is C24H22N4O5. The number of methoxy groups -OCH3 is 1. The minimum atomic E-state index is -0.578. The number of allylic oxidation sites excluding steroid dienone is 1. The molecule has 2 aromatic carbocycles. The van der Waals surface area contributed by atoms with Gasteiger partial charge in [-0.05, 0) is 37.1 Å². The lowest BCUT2D eigenvalue weighted by atomic mass is 9.80. The molecule has 0 N–H and O–H groups in total. The molecule has 5 rings (SSSR count). The minimum absolute atomic E-state index is 0.137. The summed E-state index contributed by atoms with van der Waals surface area (Å²) in [5, 5.41) is 17.6. The van der Waals surface area contributed by atoms with Gasteiger partial charge in [0, 0.05) is 6.08 Å². The van der Waals surface area contributed by atoms with E-state index in [-0.39, 0.29) is 17.1 Å². The largest absolute Gasteiger partial charge is 0.497 e. The van der Waals surface area contributed by atoms with E-state index in [4.69, 9.17) is 19.1 Å². The fourth-order valence-corrected chi connectivity index (χ4v) is 4.49. The lowest BCUT2D eigenvalue weighted by Crippen LogP contribution is -2.40. The number of hydrogen-bond donors (Lipinski definition) is 0. The number of aliphatic imine (C=N–C) groups is 1. The van der Waals surface area contributed by atoms with Crippen LogP contribution in [0.2, 0.25) is 0 Å². The lowest BCUT2D eigenvalue weighted by Gasteiger charge is -2.40. The van der Waals surface area contributed by atoms with Gasteiger partial charge in [0.15, 0.2) is 11.5 Å². The third kappa shape index (κ3) is 3.51. The van der Waals surface area contributed by atoms with E-state index in [1.165, 1.54) is 0 Å². The van der Waals surface area contributed by atoms with Crippen LogP contribution < -0.4 is 4.74 Å². The SMILES string of the molecule is COc1ccc([C@H]2[C@H](c3onc(C)c3[N+](=O)[O-])[C@H](c3ccccc3)N=C3C=C(C)ON32)cc1. The van der Waals surface area contributed by atoms with Crippen LogP contribution in [0.25, 0.3) is 0 Å². The second kappa shape index (κ2) is 8.09. The van der Waals surface area contributed by atoms with E-state index in [9.17, 15) is 10.1 Å². The molecule has 2 aliphatic heterocycles. The number of hydroxylamine groups is 2. The van der Waals surface area contributed by atoms with Crippen LogP contribution in [0.3, 0.4) is 0 Å². The molecule has 0 spiro atoms. The third-order valence-corrected chi connectivity index (χ3v) is 5.95. The van der Waals surface area contributed by atoms with Gasteiger partial charge in [-0.2, -0.15) is 5.06 Å². The predicted octanol–water partition coefficient (Wildman–Crippen LogP) is 5.03. The smallest absolute Gasteiger partial charge is 0.334 e. The van der Waals surface area contributed by atoms with Crippen molar-refractivity contribution in [3.8, 4) is 5.75 Å². The first-order chi connectivity index (χ1) is 16.0. The van der Waals surface area contributed by atoms with E-state index >= 15 is 0 Å². The number of nitro groups is 1. The van der Waals surface area contributed by atoms with Crippen molar-refractivity contribution in [1.82, 2.24) is 10.2 Å². The highest BCUT2D eigenvalue weighted by atomic mass is 16.7. The van der Waals surface area contributed by atoms with Crippen molar-refractivity contribution >= 4 is 11.5 Å². The molecule has 0 bridgehead atoms. The Morgan fingerprint density at radius 1 is 1.06 bits per heavy atom. The second-order valence-electron chi connectivity index (χ2n) is 8.00. The number of fused-ring (bicyclic) bond motifs is 1. The van der Waals surface area contributed by atoms with Gasteiger partial charge in [0.1, 0.15) is 17.6 Å². The second-order valence-corrected chi connectivity index (χ2v) is 8.00. The van der Waals surface area contributed by atoms with Crippen LogP contribution in [0, 0.1) is 17.0 Å². The molecule has 0 saturated carbocycles. The number of aromatic nitrogens is 1. The van der Waals surface area contributed by atoms with E-state index in [1.807, 2.05) is 67.6 Å². The molecule has 3 atom stereocenters. The van der Waals surface area contributed by atoms with Crippen molar-refractivity contribution < 1.29 is 19.0 Å². The molecule has 33 heavy (non-hydrogen) atoms. The lowest BCUT2D eigenvalue weighted by molar-refractivity contribution is -0.387. The highest BCUT2D eigenvalue weighted by molar-refractivity contribution is 5.95. The van der Waals surface area contributed by atoms with Gasteiger partial charge in [0.25, 0.3) is 0 Å². The first-order valence-electron chi connectivity index (χ1n) is 10.5. The Balaban J connectivity index is 1.75. The number of rotatable bonds is 5. The normalized spacial score (nSPS) is 21.7. The molecule has 3 heterocycles. The van der Waals surface area contributed by atoms with Crippen LogP contribution in [0.4, 0.5) is 5.69 Å². The monoisotopic (exact) mass is 446 g/mol. The van der Waals surface area contributed by atoms with Crippen molar-refractivity contribution in [2.24, 2.45) is 4.99 Å². The standard InChI is InChI=1S/C24H22N4O5/c1-14-13-19-25-21(16-7-5-4-6-8-16)20(24-22(28(29)30)15(2)26-32-24)23(27(19)33-14)17-9-11-18(31-3)12-10-17/h4-13,20-21,23H,1-3H3/t20-,21+,23+/m1/s1. The number of nitrogens with zero attached hydrogens (tertiary/aromatic N) is 4. The average Bonchev–Trinajstić information content (AvgIpc) is 3.39. The Morgan fingerprint density at radius 2 is 1.79 bits per heavy atom. The Kier molecular flexibility index (Phi) is 5.08. The van der Waals surface area contributed by atoms with Gasteiger partial charge in [-0.15, -0.1) is 0 Å². The number of hydrogen-bond acceptors (Lipinski definition) is 8. The van der Waals surface area contributed by atoms with Crippen LogP contribution in [0.5, 0.6) is 5.75 Å². The van der Waals surface area contributed by atoms with Crippen LogP contribution in [-0.4, -0.2) is 28.1 Å². The zero-order valence-electron chi connectivity index (χ0n) is 18.3. The maximum absolute atomic E-state index is 12.0. The van der Waals surface area contributed by atoms with Crippen LogP contribution in [0.1, 0.15) is 47.5 Å². The van der Waals surface area contributed by atoms with E-state index in [0.717, 1.165) is 11.1 Å². The first kappa shape index (κ1) is 20.7. The maximum atomic E-state index is 12.0. The number of benzene rings is 2. The summed E-state index contributed by atoms with van der Waals surface area (Å²) in [5.74, 6) is 1.63. The van der Waals surface area contributed by atoms with Gasteiger partial charge in [0.2, 0.25) is 5.76 Å². The van der Waals surface area contributed by atoms with Crippen LogP contribution in [-0.2, 0) is 4.84 Å². The molecule has 168 valence electrons. The molecule has 9 heteroatoms. The summed E-state index contributed by atoms with van der Waals surface area (Å²) in [5.41, 5.74) is 1.87. The number of amidine groups is 1. The van der Waals surface area contributed by atoms with Gasteiger partial charge in [0.05, 0.1) is 24.0 Å². The van der Waals surface area contributed by atoms with E-state index < -0.39 is 22.9 Å². The van der Waals surface area contributed by atoms with Crippen molar-refractivity contribution in [2.45, 2.75) is 31.8 Å². The van der Waals surface area contributed by atoms with Crippen molar-refractivity contribution in [3.05, 3.63) is 99.1 Å². The van der Waals surface area contributed by atoms with E-state index in [2.05, 4.69) is 5.16 Å². The molecule has 0 unspecified atom stereocenters. The van der Waals surface area contributed by atoms with Gasteiger partial charge in [-0.3, -0.25) is 15.1 Å². The molecule has 0 fully saturated rings. The third-order valence-electron chi connectivity index (χ3n) is 5.95. The van der Waals surface area contributed by atoms with Gasteiger partial charge >= 0.3 is 5.69 Å². The summed E-state index contributed by atoms with van der Waals surface area (Å²) in [6.07, 6.45) is 1.86. The minimum Gasteiger partial charge on any atom is -0.497 e. The molecule has 2 aliphatic rings. The highest BCUT2D eigenvalue weighted by Crippen LogP contribution is 2.53. The molecule has 3 aromatic rings. The molecule has 1 aromatic heterocycles. The van der Waals surface area contributed by atoms with Crippen LogP contribution in [0.15, 0.2) is 75.9 Å². The first-order valence-corrected chi connectivity index (χ1v) is 10.5. The Hall–Kier alpha value is -4.14. The number of aryl methyl sites for hydroxylation is 1. The molecular weight excluding hydrogens is 424 g/mol. The average molecular weight is 446 g/mol. The Morgan fingerprint density at radius 3 is 2.45 bits per heavy atom. The zero-order valence-corrected chi connectivity index (χ0v) is 18.3. The topological polar surface area (TPSA) is 103 Å². The summed E-state index contributed by atoms with van der Waals surface area (Å²) < 4.78 is 11.0. The summed E-state index contributed by atoms with van der Waals surface area (Å²) in [6, 6.07) is 16.3. The highest BCUT2D eigenvalue weighted by Gasteiger charge is 2.49. The molecule has 0 saturated heterocycles. The fourth-order valence-electron chi connectivity index (χ4n) is 4.49. The summed E-state index contributed by atoms with van der Waals surface area (Å²) in [6.45, 7) is 3.42.